The van der Waals surface area contributed by atoms with E-state index in [9.17, 15) is 9.90 Å². The molecule has 6 heteroatoms. The SMILES string of the molecule is COc1ccc(CN(C)C(=O)[C@@H](N)CCSC)cc1O. The summed E-state index contributed by atoms with van der Waals surface area (Å²) in [6.45, 7) is 0.406. The van der Waals surface area contributed by atoms with E-state index >= 15 is 0 Å². The second-order valence-corrected chi connectivity index (χ2v) is 5.57. The van der Waals surface area contributed by atoms with E-state index < -0.39 is 6.04 Å². The fourth-order valence-corrected chi connectivity index (χ4v) is 2.33. The normalized spacial score (nSPS) is 12.0. The smallest absolute Gasteiger partial charge is 0.239 e. The Labute approximate surface area is 124 Å². The predicted octanol–water partition coefficient (Wildman–Crippen LogP) is 1.44. The number of phenolic OH excluding ortho intramolecular Hbond substituents is 1. The number of nitrogens with zero attached hydrogens (tertiary/aromatic N) is 1. The molecule has 112 valence electrons. The molecule has 0 bridgehead atoms. The van der Waals surface area contributed by atoms with Gasteiger partial charge in [-0.2, -0.15) is 11.8 Å². The Morgan fingerprint density at radius 1 is 1.55 bits per heavy atom. The standard InChI is InChI=1S/C14H22N2O3S/c1-16(14(18)11(15)6-7-20-3)9-10-4-5-13(19-2)12(17)8-10/h4-5,8,11,17H,6-7,9,15H2,1-3H3/t11-/m0/s1. The molecule has 0 fully saturated rings. The van der Waals surface area contributed by atoms with Gasteiger partial charge in [0.1, 0.15) is 0 Å². The monoisotopic (exact) mass is 298 g/mol. The minimum absolute atomic E-state index is 0.0672. The quantitative estimate of drug-likeness (QED) is 0.796. The van der Waals surface area contributed by atoms with Gasteiger partial charge in [-0.3, -0.25) is 4.79 Å². The maximum atomic E-state index is 12.1. The molecule has 5 nitrogen and oxygen atoms in total. The topological polar surface area (TPSA) is 75.8 Å². The molecule has 0 aliphatic rings. The maximum absolute atomic E-state index is 12.1. The molecular formula is C14H22N2O3S. The number of nitrogens with two attached hydrogens (primary N) is 1. The van der Waals surface area contributed by atoms with Gasteiger partial charge in [0.25, 0.3) is 0 Å². The first kappa shape index (κ1) is 16.7. The number of ether oxygens (including phenoxy) is 1. The number of aromatic hydroxyl groups is 1. The van der Waals surface area contributed by atoms with E-state index in [1.165, 1.54) is 7.11 Å². The van der Waals surface area contributed by atoms with Crippen molar-refractivity contribution >= 4 is 17.7 Å². The number of rotatable bonds is 7. The van der Waals surface area contributed by atoms with E-state index in [0.29, 0.717) is 18.7 Å². The molecule has 0 unspecified atom stereocenters. The fourth-order valence-electron chi connectivity index (χ4n) is 1.84. The molecular weight excluding hydrogens is 276 g/mol. The maximum Gasteiger partial charge on any atom is 0.239 e. The highest BCUT2D eigenvalue weighted by Gasteiger charge is 2.18. The highest BCUT2D eigenvalue weighted by atomic mass is 32.2. The van der Waals surface area contributed by atoms with Crippen LogP contribution in [0, 0.1) is 0 Å². The number of carbonyl (C=O) groups is 1. The number of hydrogen-bond acceptors (Lipinski definition) is 5. The molecule has 1 amide bonds. The summed E-state index contributed by atoms with van der Waals surface area (Å²) < 4.78 is 4.98. The zero-order chi connectivity index (χ0) is 15.1. The molecule has 1 atom stereocenters. The number of carbonyl (C=O) groups excluding carboxylic acids is 1. The summed E-state index contributed by atoms with van der Waals surface area (Å²) >= 11 is 1.67. The van der Waals surface area contributed by atoms with Crippen molar-refractivity contribution < 1.29 is 14.6 Å². The second kappa shape index (κ2) is 8.01. The number of benzene rings is 1. The summed E-state index contributed by atoms with van der Waals surface area (Å²) in [5, 5.41) is 9.71. The van der Waals surface area contributed by atoms with E-state index in [0.717, 1.165) is 11.3 Å². The first-order valence-corrected chi connectivity index (χ1v) is 7.74. The van der Waals surface area contributed by atoms with Gasteiger partial charge >= 0.3 is 0 Å². The number of methoxy groups -OCH3 is 1. The lowest BCUT2D eigenvalue weighted by molar-refractivity contribution is -0.131. The van der Waals surface area contributed by atoms with E-state index in [-0.39, 0.29) is 11.7 Å². The van der Waals surface area contributed by atoms with Crippen LogP contribution in [0.2, 0.25) is 0 Å². The number of amides is 1. The average molecular weight is 298 g/mol. The lowest BCUT2D eigenvalue weighted by Crippen LogP contribution is -2.41. The lowest BCUT2D eigenvalue weighted by atomic mass is 10.1. The van der Waals surface area contributed by atoms with E-state index in [1.54, 1.807) is 35.8 Å². The number of likely N-dealkylation sites (N-methyl/N-ethyl adjacent to an activating group) is 1. The lowest BCUT2D eigenvalue weighted by Gasteiger charge is -2.21. The number of hydrogen-bond donors (Lipinski definition) is 2. The Bertz CT molecular complexity index is 454. The van der Waals surface area contributed by atoms with Crippen LogP contribution in [0.5, 0.6) is 11.5 Å². The van der Waals surface area contributed by atoms with Crippen LogP contribution in [-0.2, 0) is 11.3 Å². The minimum atomic E-state index is -0.473. The van der Waals surface area contributed by atoms with Crippen LogP contribution in [0.25, 0.3) is 0 Å². The van der Waals surface area contributed by atoms with Gasteiger partial charge in [-0.1, -0.05) is 6.07 Å². The summed E-state index contributed by atoms with van der Waals surface area (Å²) in [5.41, 5.74) is 6.69. The van der Waals surface area contributed by atoms with Gasteiger partial charge in [-0.05, 0) is 36.1 Å². The first-order chi connectivity index (χ1) is 9.49. The van der Waals surface area contributed by atoms with Crippen LogP contribution in [0.1, 0.15) is 12.0 Å². The van der Waals surface area contributed by atoms with Gasteiger partial charge in [-0.15, -0.1) is 0 Å². The van der Waals surface area contributed by atoms with Crippen LogP contribution in [0.15, 0.2) is 18.2 Å². The molecule has 1 rings (SSSR count). The van der Waals surface area contributed by atoms with E-state index in [1.807, 2.05) is 12.3 Å². The second-order valence-electron chi connectivity index (χ2n) is 4.59. The molecule has 0 aliphatic heterocycles. The molecule has 1 aromatic rings. The van der Waals surface area contributed by atoms with E-state index in [4.69, 9.17) is 10.5 Å². The van der Waals surface area contributed by atoms with Crippen LogP contribution >= 0.6 is 11.8 Å². The summed E-state index contributed by atoms with van der Waals surface area (Å²) in [4.78, 5) is 13.6. The van der Waals surface area contributed by atoms with Crippen molar-refractivity contribution in [1.29, 1.82) is 0 Å². The Balaban J connectivity index is 2.63. The van der Waals surface area contributed by atoms with Crippen molar-refractivity contribution in [2.45, 2.75) is 19.0 Å². The highest BCUT2D eigenvalue weighted by molar-refractivity contribution is 7.98. The molecule has 20 heavy (non-hydrogen) atoms. The van der Waals surface area contributed by atoms with Crippen molar-refractivity contribution in [3.8, 4) is 11.5 Å². The molecule has 0 aliphatic carbocycles. The summed E-state index contributed by atoms with van der Waals surface area (Å²) in [7, 11) is 3.21. The third-order valence-electron chi connectivity index (χ3n) is 2.99. The Morgan fingerprint density at radius 2 is 2.25 bits per heavy atom. The molecule has 0 saturated carbocycles. The van der Waals surface area contributed by atoms with Gasteiger partial charge in [0, 0.05) is 13.6 Å². The third-order valence-corrected chi connectivity index (χ3v) is 3.63. The Hall–Kier alpha value is -1.40. The van der Waals surface area contributed by atoms with Crippen molar-refractivity contribution in [3.05, 3.63) is 23.8 Å². The van der Waals surface area contributed by atoms with Gasteiger partial charge in [0.05, 0.1) is 13.2 Å². The van der Waals surface area contributed by atoms with Crippen LogP contribution < -0.4 is 10.5 Å². The molecule has 0 saturated heterocycles. The molecule has 0 aromatic heterocycles. The minimum Gasteiger partial charge on any atom is -0.504 e. The molecule has 0 heterocycles. The number of thioether (sulfide) groups is 1. The van der Waals surface area contributed by atoms with Crippen molar-refractivity contribution in [3.63, 3.8) is 0 Å². The Kier molecular flexibility index (Phi) is 6.67. The predicted molar refractivity (Wildman–Crippen MR) is 82.1 cm³/mol. The van der Waals surface area contributed by atoms with Gasteiger partial charge < -0.3 is 20.5 Å². The first-order valence-electron chi connectivity index (χ1n) is 6.35. The summed E-state index contributed by atoms with van der Waals surface area (Å²) in [5.74, 6) is 1.26. The van der Waals surface area contributed by atoms with Gasteiger partial charge in [0.2, 0.25) is 5.91 Å². The van der Waals surface area contributed by atoms with Crippen molar-refractivity contribution in [1.82, 2.24) is 4.90 Å². The molecule has 1 aromatic carbocycles. The van der Waals surface area contributed by atoms with Crippen LogP contribution in [0.4, 0.5) is 0 Å². The van der Waals surface area contributed by atoms with Crippen LogP contribution in [-0.4, -0.2) is 48.1 Å². The zero-order valence-electron chi connectivity index (χ0n) is 12.1. The largest absolute Gasteiger partial charge is 0.504 e. The summed E-state index contributed by atoms with van der Waals surface area (Å²) in [6.07, 6.45) is 2.65. The van der Waals surface area contributed by atoms with Gasteiger partial charge in [0.15, 0.2) is 11.5 Å². The van der Waals surface area contributed by atoms with Crippen molar-refractivity contribution in [2.75, 3.05) is 26.2 Å². The van der Waals surface area contributed by atoms with Gasteiger partial charge in [-0.25, -0.2) is 0 Å². The molecule has 3 N–H and O–H groups in total. The van der Waals surface area contributed by atoms with E-state index in [2.05, 4.69) is 0 Å². The Morgan fingerprint density at radius 3 is 2.80 bits per heavy atom. The number of phenols is 1. The average Bonchev–Trinajstić information content (AvgIpc) is 2.44. The molecule has 0 spiro atoms. The fraction of sp³-hybridized carbons (Fsp3) is 0.500. The third kappa shape index (κ3) is 4.61. The zero-order valence-corrected chi connectivity index (χ0v) is 12.9. The van der Waals surface area contributed by atoms with Crippen molar-refractivity contribution in [2.24, 2.45) is 5.73 Å². The molecule has 0 radical (unpaired) electrons. The summed E-state index contributed by atoms with van der Waals surface area (Å²) in [6, 6.07) is 4.61. The van der Waals surface area contributed by atoms with Crippen LogP contribution in [0.3, 0.4) is 0 Å². The highest BCUT2D eigenvalue weighted by Crippen LogP contribution is 2.26.